The molecule has 0 atom stereocenters. The van der Waals surface area contributed by atoms with E-state index in [0.717, 1.165) is 27.8 Å². The zero-order valence-electron chi connectivity index (χ0n) is 12.9. The highest BCUT2D eigenvalue weighted by Gasteiger charge is 2.24. The van der Waals surface area contributed by atoms with Crippen LogP contribution in [0.25, 0.3) is 6.08 Å². The van der Waals surface area contributed by atoms with Gasteiger partial charge in [0, 0.05) is 5.56 Å². The second kappa shape index (κ2) is 5.60. The van der Waals surface area contributed by atoms with Gasteiger partial charge in [0.25, 0.3) is 0 Å². The van der Waals surface area contributed by atoms with E-state index in [0.29, 0.717) is 11.6 Å². The van der Waals surface area contributed by atoms with Gasteiger partial charge in [-0.1, -0.05) is 41.5 Å². The van der Waals surface area contributed by atoms with Gasteiger partial charge < -0.3 is 4.74 Å². The minimum atomic E-state index is -0.405. The van der Waals surface area contributed by atoms with Crippen LogP contribution in [-0.4, -0.2) is 11.9 Å². The number of nitrogens with zero attached hydrogens (tertiary/aromatic N) is 1. The highest BCUT2D eigenvalue weighted by atomic mass is 16.6. The molecule has 0 unspecified atom stereocenters. The predicted molar refractivity (Wildman–Crippen MR) is 87.7 cm³/mol. The molecule has 0 bridgehead atoms. The number of rotatable bonds is 2. The molecule has 0 aliphatic carbocycles. The first-order valence-corrected chi connectivity index (χ1v) is 7.20. The molecule has 110 valence electrons. The molecule has 0 saturated carbocycles. The van der Waals surface area contributed by atoms with Crippen molar-refractivity contribution in [3.8, 4) is 0 Å². The number of esters is 1. The normalized spacial score (nSPS) is 15.9. The van der Waals surface area contributed by atoms with Crippen molar-refractivity contribution in [3.63, 3.8) is 0 Å². The van der Waals surface area contributed by atoms with Crippen LogP contribution in [0, 0.1) is 20.8 Å². The summed E-state index contributed by atoms with van der Waals surface area (Å²) in [5.41, 5.74) is 5.49. The third-order valence-corrected chi connectivity index (χ3v) is 3.61. The molecular weight excluding hydrogens is 274 g/mol. The number of aryl methyl sites for hydroxylation is 3. The predicted octanol–water partition coefficient (Wildman–Crippen LogP) is 3.96. The Morgan fingerprint density at radius 2 is 1.77 bits per heavy atom. The summed E-state index contributed by atoms with van der Waals surface area (Å²) in [4.78, 5) is 16.4. The fraction of sp³-hybridized carbons (Fsp3) is 0.158. The molecule has 1 aliphatic heterocycles. The lowest BCUT2D eigenvalue weighted by Gasteiger charge is -2.01. The summed E-state index contributed by atoms with van der Waals surface area (Å²) in [5, 5.41) is 0. The lowest BCUT2D eigenvalue weighted by Crippen LogP contribution is -2.05. The molecule has 0 saturated heterocycles. The van der Waals surface area contributed by atoms with E-state index in [1.807, 2.05) is 63.2 Å². The van der Waals surface area contributed by atoms with Crippen LogP contribution in [-0.2, 0) is 9.53 Å². The molecule has 3 rings (SSSR count). The monoisotopic (exact) mass is 291 g/mol. The van der Waals surface area contributed by atoms with Crippen molar-refractivity contribution in [2.45, 2.75) is 20.8 Å². The first-order valence-electron chi connectivity index (χ1n) is 7.20. The minimum Gasteiger partial charge on any atom is -0.402 e. The van der Waals surface area contributed by atoms with Gasteiger partial charge in [-0.25, -0.2) is 9.79 Å². The quantitative estimate of drug-likeness (QED) is 0.620. The van der Waals surface area contributed by atoms with Crippen LogP contribution < -0.4 is 0 Å². The summed E-state index contributed by atoms with van der Waals surface area (Å²) >= 11 is 0. The number of cyclic esters (lactones) is 1. The van der Waals surface area contributed by atoms with Crippen molar-refractivity contribution >= 4 is 17.9 Å². The summed E-state index contributed by atoms with van der Waals surface area (Å²) in [6, 6.07) is 13.9. The average molecular weight is 291 g/mol. The number of hydrogen-bond donors (Lipinski definition) is 0. The Bertz CT molecular complexity index is 816. The van der Waals surface area contributed by atoms with E-state index in [2.05, 4.69) is 4.99 Å². The molecule has 0 fully saturated rings. The van der Waals surface area contributed by atoms with Crippen molar-refractivity contribution in [1.82, 2.24) is 0 Å². The SMILES string of the molecule is Cc1cccc(C2=N/C(=C/c3cc(C)ccc3C)C(=O)O2)c1. The van der Waals surface area contributed by atoms with Gasteiger partial charge in [0.05, 0.1) is 0 Å². The van der Waals surface area contributed by atoms with Crippen LogP contribution in [0.3, 0.4) is 0 Å². The first-order chi connectivity index (χ1) is 10.5. The highest BCUT2D eigenvalue weighted by Crippen LogP contribution is 2.21. The number of aliphatic imine (C=N–C) groups is 1. The van der Waals surface area contributed by atoms with Crippen LogP contribution in [0.5, 0.6) is 0 Å². The molecule has 0 spiro atoms. The molecule has 0 N–H and O–H groups in total. The number of carbonyl (C=O) groups is 1. The topological polar surface area (TPSA) is 38.7 Å². The van der Waals surface area contributed by atoms with E-state index >= 15 is 0 Å². The summed E-state index contributed by atoms with van der Waals surface area (Å²) in [7, 11) is 0. The van der Waals surface area contributed by atoms with Crippen LogP contribution in [0.2, 0.25) is 0 Å². The molecular formula is C19H17NO2. The van der Waals surface area contributed by atoms with Crippen molar-refractivity contribution in [1.29, 1.82) is 0 Å². The maximum Gasteiger partial charge on any atom is 0.363 e. The van der Waals surface area contributed by atoms with E-state index < -0.39 is 5.97 Å². The van der Waals surface area contributed by atoms with E-state index in [4.69, 9.17) is 4.74 Å². The summed E-state index contributed by atoms with van der Waals surface area (Å²) < 4.78 is 5.30. The van der Waals surface area contributed by atoms with Crippen LogP contribution in [0.1, 0.15) is 27.8 Å². The molecule has 0 amide bonds. The van der Waals surface area contributed by atoms with E-state index in [1.165, 1.54) is 0 Å². The highest BCUT2D eigenvalue weighted by molar-refractivity contribution is 6.12. The summed E-state index contributed by atoms with van der Waals surface area (Å²) in [5.74, 6) is -0.0392. The standard InChI is InChI=1S/C19H17NO2/c1-12-5-4-6-15(9-12)18-20-17(19(21)22-18)11-16-10-13(2)7-8-14(16)3/h4-11H,1-3H3/b17-11+. The largest absolute Gasteiger partial charge is 0.402 e. The molecule has 2 aromatic rings. The van der Waals surface area contributed by atoms with Gasteiger partial charge in [-0.3, -0.25) is 0 Å². The van der Waals surface area contributed by atoms with Crippen LogP contribution in [0.4, 0.5) is 0 Å². The van der Waals surface area contributed by atoms with Gasteiger partial charge >= 0.3 is 5.97 Å². The summed E-state index contributed by atoms with van der Waals surface area (Å²) in [6.45, 7) is 6.03. The molecule has 0 radical (unpaired) electrons. The first kappa shape index (κ1) is 14.3. The number of carbonyl (C=O) groups excluding carboxylic acids is 1. The van der Waals surface area contributed by atoms with Gasteiger partial charge in [0.15, 0.2) is 5.70 Å². The zero-order chi connectivity index (χ0) is 15.7. The zero-order valence-corrected chi connectivity index (χ0v) is 12.9. The Kier molecular flexibility index (Phi) is 3.63. The number of hydrogen-bond acceptors (Lipinski definition) is 3. The Labute approximate surface area is 130 Å². The third-order valence-electron chi connectivity index (χ3n) is 3.61. The smallest absolute Gasteiger partial charge is 0.363 e. The Hall–Kier alpha value is -2.68. The van der Waals surface area contributed by atoms with E-state index in [9.17, 15) is 4.79 Å². The molecule has 1 heterocycles. The molecule has 0 aromatic heterocycles. The van der Waals surface area contributed by atoms with Crippen LogP contribution >= 0.6 is 0 Å². The summed E-state index contributed by atoms with van der Waals surface area (Å²) in [6.07, 6.45) is 1.79. The van der Waals surface area contributed by atoms with Crippen molar-refractivity contribution in [3.05, 3.63) is 76.0 Å². The molecule has 1 aliphatic rings. The lowest BCUT2D eigenvalue weighted by atomic mass is 10.0. The molecule has 2 aromatic carbocycles. The maximum atomic E-state index is 12.0. The van der Waals surface area contributed by atoms with Crippen molar-refractivity contribution < 1.29 is 9.53 Å². The molecule has 3 nitrogen and oxygen atoms in total. The van der Waals surface area contributed by atoms with Gasteiger partial charge in [-0.05, 0) is 50.1 Å². The Morgan fingerprint density at radius 1 is 1.00 bits per heavy atom. The van der Waals surface area contributed by atoms with Gasteiger partial charge in [0.2, 0.25) is 5.90 Å². The Morgan fingerprint density at radius 3 is 2.55 bits per heavy atom. The van der Waals surface area contributed by atoms with Gasteiger partial charge in [-0.2, -0.15) is 0 Å². The molecule has 3 heteroatoms. The third kappa shape index (κ3) is 2.84. The van der Waals surface area contributed by atoms with Gasteiger partial charge in [-0.15, -0.1) is 0 Å². The molecule has 22 heavy (non-hydrogen) atoms. The van der Waals surface area contributed by atoms with E-state index in [-0.39, 0.29) is 0 Å². The lowest BCUT2D eigenvalue weighted by molar-refractivity contribution is -0.129. The minimum absolute atomic E-state index is 0.338. The number of benzene rings is 2. The second-order valence-electron chi connectivity index (χ2n) is 5.57. The Balaban J connectivity index is 1.99. The van der Waals surface area contributed by atoms with Crippen LogP contribution in [0.15, 0.2) is 53.2 Å². The average Bonchev–Trinajstić information content (AvgIpc) is 2.84. The maximum absolute atomic E-state index is 12.0. The van der Waals surface area contributed by atoms with Crippen molar-refractivity contribution in [2.24, 2.45) is 4.99 Å². The fourth-order valence-corrected chi connectivity index (χ4v) is 2.37. The van der Waals surface area contributed by atoms with Gasteiger partial charge in [0.1, 0.15) is 0 Å². The number of ether oxygens (including phenoxy) is 1. The second-order valence-corrected chi connectivity index (χ2v) is 5.57. The van der Waals surface area contributed by atoms with Crippen molar-refractivity contribution in [2.75, 3.05) is 0 Å². The van der Waals surface area contributed by atoms with E-state index in [1.54, 1.807) is 6.08 Å². The fourth-order valence-electron chi connectivity index (χ4n) is 2.37.